The Balaban J connectivity index is 1.23. The fraction of sp³-hybridized carbons (Fsp3) is 0.0270. The number of fused-ring (bicyclic) bond motifs is 1. The molecule has 7 rings (SSSR count). The molecular weight excluding hydrogens is 518 g/mol. The zero-order chi connectivity index (χ0) is 28.3. The molecule has 0 fully saturated rings. The summed E-state index contributed by atoms with van der Waals surface area (Å²) in [4.78, 5) is 4.74. The molecule has 1 aliphatic heterocycles. The highest BCUT2D eigenvalue weighted by atomic mass is 16.5. The monoisotopic (exact) mass is 545 g/mol. The van der Waals surface area contributed by atoms with E-state index in [0.29, 0.717) is 0 Å². The molecule has 0 spiro atoms. The molecule has 0 radical (unpaired) electrons. The molecule has 200 valence electrons. The summed E-state index contributed by atoms with van der Waals surface area (Å²) in [5.41, 5.74) is 4.92. The van der Waals surface area contributed by atoms with Crippen molar-refractivity contribution in [2.75, 3.05) is 7.05 Å². The average molecular weight is 546 g/mol. The molecule has 1 aliphatic rings. The highest BCUT2D eigenvalue weighted by molar-refractivity contribution is 5.93. The number of rotatable bonds is 7. The van der Waals surface area contributed by atoms with Gasteiger partial charge in [0.1, 0.15) is 23.0 Å². The Kier molecular flexibility index (Phi) is 6.61. The lowest BCUT2D eigenvalue weighted by atomic mass is 10.0. The van der Waals surface area contributed by atoms with Crippen LogP contribution >= 0.6 is 0 Å². The summed E-state index contributed by atoms with van der Waals surface area (Å²) >= 11 is 0. The number of benzene rings is 5. The number of aromatic nitrogens is 1. The second-order valence-corrected chi connectivity index (χ2v) is 10.0. The Morgan fingerprint density at radius 2 is 1.36 bits per heavy atom. The van der Waals surface area contributed by atoms with Crippen LogP contribution in [-0.4, -0.2) is 27.2 Å². The summed E-state index contributed by atoms with van der Waals surface area (Å²) in [6.45, 7) is 0. The number of nitrogens with zero attached hydrogens (tertiary/aromatic N) is 3. The second-order valence-electron chi connectivity index (χ2n) is 10.0. The van der Waals surface area contributed by atoms with Crippen molar-refractivity contribution in [3.05, 3.63) is 146 Å². The Hall–Kier alpha value is -5.77. The topological polar surface area (TPSA) is 37.4 Å². The molecule has 1 aromatic heterocycles. The Bertz CT molecular complexity index is 2040. The van der Waals surface area contributed by atoms with Crippen LogP contribution in [0.2, 0.25) is 0 Å². The van der Waals surface area contributed by atoms with Gasteiger partial charge in [0.05, 0.1) is 11.8 Å². The number of hydrogen-bond donors (Lipinski definition) is 0. The third-order valence-electron chi connectivity index (χ3n) is 7.05. The van der Waals surface area contributed by atoms with Gasteiger partial charge in [-0.25, -0.2) is 0 Å². The van der Waals surface area contributed by atoms with Crippen LogP contribution in [0.5, 0.6) is 23.0 Å². The van der Waals surface area contributed by atoms with Gasteiger partial charge in [-0.2, -0.15) is 0 Å². The molecule has 5 heteroatoms. The molecule has 0 saturated heterocycles. The summed E-state index contributed by atoms with van der Waals surface area (Å²) in [6.07, 6.45) is 5.78. The van der Waals surface area contributed by atoms with Gasteiger partial charge in [-0.05, 0) is 71.1 Å². The highest BCUT2D eigenvalue weighted by Crippen LogP contribution is 2.37. The Morgan fingerprint density at radius 3 is 2.21 bits per heavy atom. The lowest BCUT2D eigenvalue weighted by molar-refractivity contribution is -0.429. The Labute approximate surface area is 244 Å². The molecule has 42 heavy (non-hydrogen) atoms. The minimum Gasteiger partial charge on any atom is -0.457 e. The molecule has 5 aromatic carbocycles. The summed E-state index contributed by atoms with van der Waals surface area (Å²) < 4.78 is 16.4. The molecule has 2 heterocycles. The van der Waals surface area contributed by atoms with Gasteiger partial charge in [-0.1, -0.05) is 69.8 Å². The van der Waals surface area contributed by atoms with Gasteiger partial charge in [0, 0.05) is 23.2 Å². The molecule has 0 N–H and O–H groups in total. The van der Waals surface area contributed by atoms with Gasteiger partial charge in [-0.3, -0.25) is 4.98 Å². The number of ether oxygens (including phenoxy) is 2. The Morgan fingerprint density at radius 1 is 0.595 bits per heavy atom. The van der Waals surface area contributed by atoms with Crippen LogP contribution in [0.25, 0.3) is 33.2 Å². The van der Waals surface area contributed by atoms with Crippen molar-refractivity contribution < 1.29 is 18.6 Å². The van der Waals surface area contributed by atoms with Gasteiger partial charge in [0.25, 0.3) is 6.20 Å². The predicted molar refractivity (Wildman–Crippen MR) is 166 cm³/mol. The van der Waals surface area contributed by atoms with Crippen molar-refractivity contribution in [2.45, 2.75) is 0 Å². The minimum atomic E-state index is 0.747. The highest BCUT2D eigenvalue weighted by Gasteiger charge is 2.17. The maximum absolute atomic E-state index is 6.53. The first-order valence-corrected chi connectivity index (χ1v) is 13.8. The summed E-state index contributed by atoms with van der Waals surface area (Å²) in [6, 6.07) is 45.8. The van der Waals surface area contributed by atoms with Crippen molar-refractivity contribution in [1.82, 2.24) is 4.98 Å². The van der Waals surface area contributed by atoms with E-state index < -0.39 is 0 Å². The van der Waals surface area contributed by atoms with E-state index in [0.717, 1.165) is 61.8 Å². The average Bonchev–Trinajstić information content (AvgIpc) is 3.48. The van der Waals surface area contributed by atoms with E-state index >= 15 is 0 Å². The summed E-state index contributed by atoms with van der Waals surface area (Å²) in [5.74, 6) is 3.11. The molecule has 0 aliphatic carbocycles. The van der Waals surface area contributed by atoms with Crippen LogP contribution in [0.15, 0.2) is 146 Å². The van der Waals surface area contributed by atoms with Crippen LogP contribution in [-0.2, 0) is 0 Å². The van der Waals surface area contributed by atoms with Crippen molar-refractivity contribution in [1.29, 1.82) is 0 Å². The van der Waals surface area contributed by atoms with E-state index in [1.807, 2.05) is 120 Å². The first-order valence-electron chi connectivity index (χ1n) is 13.8. The van der Waals surface area contributed by atoms with E-state index in [1.165, 1.54) is 0 Å². The van der Waals surface area contributed by atoms with Gasteiger partial charge < -0.3 is 9.47 Å². The van der Waals surface area contributed by atoms with Crippen LogP contribution in [0.1, 0.15) is 0 Å². The predicted octanol–water partition coefficient (Wildman–Crippen LogP) is 9.10. The number of pyridine rings is 1. The smallest absolute Gasteiger partial charge is 0.457 e. The van der Waals surface area contributed by atoms with Crippen LogP contribution in [0, 0.1) is 0 Å². The SMILES string of the molecule is C[N+]1=C=[N+](c2cccc(Oc3cc(-c4cc(-c5cccc(Oc6ccccc6)c5)ccn4)cc4ccccc34)c2)C=C1. The van der Waals surface area contributed by atoms with Crippen LogP contribution in [0.4, 0.5) is 5.69 Å². The van der Waals surface area contributed by atoms with Gasteiger partial charge >= 0.3 is 6.01 Å². The maximum Gasteiger partial charge on any atom is 0.495 e. The van der Waals surface area contributed by atoms with Crippen molar-refractivity contribution in [3.63, 3.8) is 0 Å². The normalized spacial score (nSPS) is 12.2. The molecule has 0 bridgehead atoms. The van der Waals surface area contributed by atoms with Gasteiger partial charge in [-0.15, -0.1) is 0 Å². The molecule has 0 unspecified atom stereocenters. The standard InChI is InChI=1S/C37H27N3O2/c1-39-19-20-40(26-39)31-11-8-15-34(25-31)42-37-24-30(21-29-9-5-6-16-35(29)37)36-23-28(17-18-38-36)27-10-7-14-33(22-27)41-32-12-3-2-4-13-32/h2-25H,1H3/q+2. The molecule has 0 amide bonds. The number of para-hydroxylation sites is 1. The van der Waals surface area contributed by atoms with E-state index in [-0.39, 0.29) is 0 Å². The molecule has 6 aromatic rings. The third-order valence-corrected chi connectivity index (χ3v) is 7.05. The fourth-order valence-electron chi connectivity index (χ4n) is 5.01. The summed E-state index contributed by atoms with van der Waals surface area (Å²) in [7, 11) is 1.95. The lowest BCUT2D eigenvalue weighted by Crippen LogP contribution is -1.94. The fourth-order valence-corrected chi connectivity index (χ4v) is 5.01. The van der Waals surface area contributed by atoms with Crippen LogP contribution in [0.3, 0.4) is 0 Å². The van der Waals surface area contributed by atoms with Crippen molar-refractivity contribution in [2.24, 2.45) is 0 Å². The number of hydrogen-bond acceptors (Lipinski definition) is 3. The lowest BCUT2D eigenvalue weighted by Gasteiger charge is -2.13. The van der Waals surface area contributed by atoms with Gasteiger partial charge in [0.15, 0.2) is 7.05 Å². The molecule has 0 saturated carbocycles. The van der Waals surface area contributed by atoms with E-state index in [9.17, 15) is 0 Å². The first-order chi connectivity index (χ1) is 20.7. The van der Waals surface area contributed by atoms with Crippen molar-refractivity contribution >= 4 is 22.5 Å². The van der Waals surface area contributed by atoms with Crippen molar-refractivity contribution in [3.8, 4) is 45.4 Å². The van der Waals surface area contributed by atoms with E-state index in [2.05, 4.69) is 48.5 Å². The third kappa shape index (κ3) is 5.33. The van der Waals surface area contributed by atoms with Gasteiger partial charge in [0.2, 0.25) is 11.9 Å². The largest absolute Gasteiger partial charge is 0.495 e. The van der Waals surface area contributed by atoms with E-state index in [4.69, 9.17) is 14.5 Å². The zero-order valence-corrected chi connectivity index (χ0v) is 23.0. The maximum atomic E-state index is 6.53. The minimum absolute atomic E-state index is 0.747. The zero-order valence-electron chi connectivity index (χ0n) is 23.0. The first kappa shape index (κ1) is 25.2. The molecular formula is C37H27N3O2+2. The molecule has 5 nitrogen and oxygen atoms in total. The van der Waals surface area contributed by atoms with E-state index in [1.54, 1.807) is 0 Å². The quantitative estimate of drug-likeness (QED) is 0.188. The summed E-state index contributed by atoms with van der Waals surface area (Å²) in [5, 5.41) is 2.12. The second kappa shape index (κ2) is 11.0. The van der Waals surface area contributed by atoms with Crippen LogP contribution < -0.4 is 9.47 Å². The molecule has 0 atom stereocenters.